The fraction of sp³-hybridized carbons (Fsp3) is 0.400. The summed E-state index contributed by atoms with van der Waals surface area (Å²) < 4.78 is 19.0. The molecule has 1 heterocycles. The van der Waals surface area contributed by atoms with Gasteiger partial charge in [-0.1, -0.05) is 18.2 Å². The van der Waals surface area contributed by atoms with E-state index in [0.29, 0.717) is 17.9 Å². The standard InChI is InChI=1S/C20H25FN2O2/c1-20(24,10-13-23-14-11-22-12-15-23)18-4-2-3-5-19(18)25-17-8-6-16(21)7-9-17/h2-9,22,24H,10-15H2,1H3. The lowest BCUT2D eigenvalue weighted by Crippen LogP contribution is -2.45. The SMILES string of the molecule is CC(O)(CCN1CCNCC1)c1ccccc1Oc1ccc(F)cc1. The highest BCUT2D eigenvalue weighted by molar-refractivity contribution is 5.41. The zero-order valence-corrected chi connectivity index (χ0v) is 14.5. The van der Waals surface area contributed by atoms with Crippen LogP contribution in [0.15, 0.2) is 48.5 Å². The normalized spacial score (nSPS) is 17.9. The van der Waals surface area contributed by atoms with E-state index in [2.05, 4.69) is 10.2 Å². The third-order valence-corrected chi connectivity index (χ3v) is 4.63. The number of ether oxygens (including phenoxy) is 1. The number of nitrogens with zero attached hydrogens (tertiary/aromatic N) is 1. The second-order valence-electron chi connectivity index (χ2n) is 6.67. The van der Waals surface area contributed by atoms with Crippen LogP contribution < -0.4 is 10.1 Å². The minimum atomic E-state index is -0.999. The van der Waals surface area contributed by atoms with E-state index in [1.807, 2.05) is 31.2 Å². The highest BCUT2D eigenvalue weighted by atomic mass is 19.1. The molecule has 1 unspecified atom stereocenters. The van der Waals surface area contributed by atoms with Gasteiger partial charge < -0.3 is 20.1 Å². The maximum atomic E-state index is 13.1. The van der Waals surface area contributed by atoms with E-state index in [-0.39, 0.29) is 5.82 Å². The topological polar surface area (TPSA) is 44.7 Å². The van der Waals surface area contributed by atoms with Crippen LogP contribution in [0.1, 0.15) is 18.9 Å². The third kappa shape index (κ3) is 4.78. The summed E-state index contributed by atoms with van der Waals surface area (Å²) in [5, 5.41) is 14.4. The van der Waals surface area contributed by atoms with Gasteiger partial charge in [-0.2, -0.15) is 0 Å². The molecule has 2 aromatic rings. The molecule has 134 valence electrons. The Bertz CT molecular complexity index is 682. The lowest BCUT2D eigenvalue weighted by atomic mass is 9.91. The number of piperazine rings is 1. The number of hydrogen-bond acceptors (Lipinski definition) is 4. The van der Waals surface area contributed by atoms with Gasteiger partial charge >= 0.3 is 0 Å². The van der Waals surface area contributed by atoms with Gasteiger partial charge in [-0.25, -0.2) is 4.39 Å². The van der Waals surface area contributed by atoms with E-state index in [1.165, 1.54) is 12.1 Å². The average Bonchev–Trinajstić information content (AvgIpc) is 2.63. The molecule has 0 bridgehead atoms. The monoisotopic (exact) mass is 344 g/mol. The van der Waals surface area contributed by atoms with E-state index in [4.69, 9.17) is 4.74 Å². The second-order valence-corrected chi connectivity index (χ2v) is 6.67. The van der Waals surface area contributed by atoms with Crippen molar-refractivity contribution in [1.82, 2.24) is 10.2 Å². The first-order valence-corrected chi connectivity index (χ1v) is 8.73. The first-order valence-electron chi connectivity index (χ1n) is 8.73. The van der Waals surface area contributed by atoms with Gasteiger partial charge in [-0.05, 0) is 43.7 Å². The van der Waals surface area contributed by atoms with E-state index in [1.54, 1.807) is 12.1 Å². The summed E-state index contributed by atoms with van der Waals surface area (Å²) in [6.07, 6.45) is 0.622. The summed E-state index contributed by atoms with van der Waals surface area (Å²) >= 11 is 0. The largest absolute Gasteiger partial charge is 0.457 e. The smallest absolute Gasteiger partial charge is 0.133 e. The van der Waals surface area contributed by atoms with Crippen LogP contribution in [0, 0.1) is 5.82 Å². The van der Waals surface area contributed by atoms with Gasteiger partial charge in [-0.3, -0.25) is 0 Å². The molecule has 4 nitrogen and oxygen atoms in total. The number of halogens is 1. The average molecular weight is 344 g/mol. The first-order chi connectivity index (χ1) is 12.0. The van der Waals surface area contributed by atoms with Gasteiger partial charge in [0.05, 0.1) is 5.60 Å². The van der Waals surface area contributed by atoms with Gasteiger partial charge in [-0.15, -0.1) is 0 Å². The zero-order chi connectivity index (χ0) is 17.7. The molecule has 0 aromatic heterocycles. The number of benzene rings is 2. The molecule has 1 atom stereocenters. The maximum Gasteiger partial charge on any atom is 0.133 e. The van der Waals surface area contributed by atoms with Crippen molar-refractivity contribution in [2.75, 3.05) is 32.7 Å². The highest BCUT2D eigenvalue weighted by Gasteiger charge is 2.28. The number of hydrogen-bond donors (Lipinski definition) is 2. The Hall–Kier alpha value is -1.95. The lowest BCUT2D eigenvalue weighted by Gasteiger charge is -2.32. The van der Waals surface area contributed by atoms with Gasteiger partial charge in [0, 0.05) is 38.3 Å². The molecule has 1 aliphatic heterocycles. The van der Waals surface area contributed by atoms with Crippen molar-refractivity contribution in [2.24, 2.45) is 0 Å². The molecular formula is C20H25FN2O2. The van der Waals surface area contributed by atoms with Crippen LogP contribution in [0.5, 0.6) is 11.5 Å². The molecule has 2 aromatic carbocycles. The van der Waals surface area contributed by atoms with Crippen LogP contribution in [-0.2, 0) is 5.60 Å². The summed E-state index contributed by atoms with van der Waals surface area (Å²) in [4.78, 5) is 2.36. The predicted octanol–water partition coefficient (Wildman–Crippen LogP) is 3.12. The number of rotatable bonds is 6. The minimum Gasteiger partial charge on any atom is -0.457 e. The molecule has 1 fully saturated rings. The molecule has 0 radical (unpaired) electrons. The minimum absolute atomic E-state index is 0.302. The summed E-state index contributed by atoms with van der Waals surface area (Å²) in [7, 11) is 0. The molecule has 0 spiro atoms. The van der Waals surface area contributed by atoms with Gasteiger partial charge in [0.2, 0.25) is 0 Å². The molecule has 0 amide bonds. The maximum absolute atomic E-state index is 13.1. The summed E-state index contributed by atoms with van der Waals surface area (Å²) in [6.45, 7) is 6.65. The van der Waals surface area contributed by atoms with Gasteiger partial charge in [0.1, 0.15) is 17.3 Å². The number of para-hydroxylation sites is 1. The summed E-state index contributed by atoms with van der Waals surface area (Å²) in [5.41, 5.74) is -0.254. The Kier molecular flexibility index (Phi) is 5.68. The van der Waals surface area contributed by atoms with Crippen molar-refractivity contribution < 1.29 is 14.2 Å². The summed E-state index contributed by atoms with van der Waals surface area (Å²) in [5.74, 6) is 0.842. The van der Waals surface area contributed by atoms with Crippen LogP contribution in [0.3, 0.4) is 0 Å². The third-order valence-electron chi connectivity index (χ3n) is 4.63. The van der Waals surface area contributed by atoms with Crippen LogP contribution in [-0.4, -0.2) is 42.7 Å². The molecule has 1 aliphatic rings. The molecular weight excluding hydrogens is 319 g/mol. The second kappa shape index (κ2) is 7.95. The van der Waals surface area contributed by atoms with Gasteiger partial charge in [0.15, 0.2) is 0 Å². The van der Waals surface area contributed by atoms with Crippen LogP contribution in [0.2, 0.25) is 0 Å². The zero-order valence-electron chi connectivity index (χ0n) is 14.5. The Morgan fingerprint density at radius 1 is 1.12 bits per heavy atom. The molecule has 2 N–H and O–H groups in total. The summed E-state index contributed by atoms with van der Waals surface area (Å²) in [6, 6.07) is 13.4. The molecule has 0 saturated carbocycles. The van der Waals surface area contributed by atoms with Gasteiger partial charge in [0.25, 0.3) is 0 Å². The quantitative estimate of drug-likeness (QED) is 0.845. The number of nitrogens with one attached hydrogen (secondary N) is 1. The van der Waals surface area contributed by atoms with Crippen molar-refractivity contribution in [3.8, 4) is 11.5 Å². The van der Waals surface area contributed by atoms with Crippen LogP contribution in [0.4, 0.5) is 4.39 Å². The van der Waals surface area contributed by atoms with E-state index in [9.17, 15) is 9.50 Å². The van der Waals surface area contributed by atoms with Crippen molar-refractivity contribution in [3.63, 3.8) is 0 Å². The van der Waals surface area contributed by atoms with Crippen molar-refractivity contribution in [3.05, 3.63) is 59.9 Å². The van der Waals surface area contributed by atoms with Crippen molar-refractivity contribution >= 4 is 0 Å². The van der Waals surface area contributed by atoms with E-state index < -0.39 is 5.60 Å². The fourth-order valence-electron chi connectivity index (χ4n) is 3.08. The lowest BCUT2D eigenvalue weighted by molar-refractivity contribution is 0.0327. The fourth-order valence-corrected chi connectivity index (χ4v) is 3.08. The highest BCUT2D eigenvalue weighted by Crippen LogP contribution is 2.35. The Morgan fingerprint density at radius 3 is 2.52 bits per heavy atom. The molecule has 5 heteroatoms. The predicted molar refractivity (Wildman–Crippen MR) is 96.4 cm³/mol. The Balaban J connectivity index is 1.72. The van der Waals surface area contributed by atoms with Crippen LogP contribution >= 0.6 is 0 Å². The van der Waals surface area contributed by atoms with E-state index in [0.717, 1.165) is 38.3 Å². The van der Waals surface area contributed by atoms with Crippen LogP contribution in [0.25, 0.3) is 0 Å². The molecule has 3 rings (SSSR count). The van der Waals surface area contributed by atoms with Crippen molar-refractivity contribution in [2.45, 2.75) is 18.9 Å². The first kappa shape index (κ1) is 17.9. The molecule has 0 aliphatic carbocycles. The van der Waals surface area contributed by atoms with E-state index >= 15 is 0 Å². The Morgan fingerprint density at radius 2 is 1.80 bits per heavy atom. The number of aliphatic hydroxyl groups is 1. The molecule has 1 saturated heterocycles. The molecule has 25 heavy (non-hydrogen) atoms. The van der Waals surface area contributed by atoms with Crippen molar-refractivity contribution in [1.29, 1.82) is 0 Å². The Labute approximate surface area is 148 Å².